The molecule has 1 atom stereocenters. The second-order valence-corrected chi connectivity index (χ2v) is 4.33. The second-order valence-electron chi connectivity index (χ2n) is 3.39. The van der Waals surface area contributed by atoms with Gasteiger partial charge in [-0.05, 0) is 12.2 Å². The highest BCUT2D eigenvalue weighted by Gasteiger charge is 2.39. The summed E-state index contributed by atoms with van der Waals surface area (Å²) in [6.45, 7) is 0. The van der Waals surface area contributed by atoms with Crippen molar-refractivity contribution in [1.82, 2.24) is 19.9 Å². The van der Waals surface area contributed by atoms with Gasteiger partial charge in [0.05, 0.1) is 23.8 Å². The lowest BCUT2D eigenvalue weighted by Crippen LogP contribution is -2.25. The number of aromatic amines is 1. The molecule has 7 heteroatoms. The Kier molecular flexibility index (Phi) is 2.31. The van der Waals surface area contributed by atoms with Crippen LogP contribution in [0.4, 0.5) is 0 Å². The Balaban J connectivity index is 2.14. The molecule has 0 radical (unpaired) electrons. The van der Waals surface area contributed by atoms with Crippen LogP contribution >= 0.6 is 23.2 Å². The monoisotopic (exact) mass is 268 g/mol. The maximum atomic E-state index is 6.28. The number of ether oxygens (including phenoxy) is 1. The number of imidazole rings is 1. The number of hydrogen-bond acceptors (Lipinski definition) is 4. The number of aromatic nitrogens is 4. The van der Waals surface area contributed by atoms with E-state index in [2.05, 4.69) is 19.9 Å². The number of allylic oxidation sites excluding steroid dienone is 2. The van der Waals surface area contributed by atoms with Crippen molar-refractivity contribution < 1.29 is 4.74 Å². The maximum Gasteiger partial charge on any atom is 0.277 e. The van der Waals surface area contributed by atoms with Crippen LogP contribution in [0, 0.1) is 0 Å². The van der Waals surface area contributed by atoms with Crippen LogP contribution < -0.4 is 0 Å². The molecule has 0 aromatic carbocycles. The van der Waals surface area contributed by atoms with Gasteiger partial charge in [-0.1, -0.05) is 23.2 Å². The highest BCUT2D eigenvalue weighted by Crippen LogP contribution is 2.40. The standard InChI is InChI=1S/C10H6Cl2N4O/c11-7-2-1-3-17-10(7,12)9-13-4-6-8(16-9)15-5-14-6/h1-5H,(H,13,14,15,16). The lowest BCUT2D eigenvalue weighted by atomic mass is 10.2. The number of H-pyrrole nitrogens is 1. The molecule has 0 spiro atoms. The third-order valence-corrected chi connectivity index (χ3v) is 3.27. The Bertz CT molecular complexity index is 636. The smallest absolute Gasteiger partial charge is 0.277 e. The number of nitrogens with one attached hydrogen (secondary N) is 1. The van der Waals surface area contributed by atoms with Crippen LogP contribution in [-0.2, 0) is 9.80 Å². The minimum absolute atomic E-state index is 0.254. The first-order valence-corrected chi connectivity index (χ1v) is 5.52. The van der Waals surface area contributed by atoms with Crippen molar-refractivity contribution in [2.45, 2.75) is 5.06 Å². The summed E-state index contributed by atoms with van der Waals surface area (Å²) in [5.41, 5.74) is 1.23. The predicted octanol–water partition coefficient (Wildman–Crippen LogP) is 2.41. The average molecular weight is 269 g/mol. The molecule has 0 aliphatic carbocycles. The summed E-state index contributed by atoms with van der Waals surface area (Å²) in [6, 6.07) is 0. The number of nitrogens with zero attached hydrogens (tertiary/aromatic N) is 3. The van der Waals surface area contributed by atoms with Gasteiger partial charge < -0.3 is 9.72 Å². The van der Waals surface area contributed by atoms with Gasteiger partial charge in [0.2, 0.25) is 0 Å². The second kappa shape index (κ2) is 3.72. The molecule has 1 aliphatic heterocycles. The summed E-state index contributed by atoms with van der Waals surface area (Å²) < 4.78 is 5.31. The van der Waals surface area contributed by atoms with Gasteiger partial charge in [0.1, 0.15) is 5.52 Å². The van der Waals surface area contributed by atoms with Gasteiger partial charge in [-0.3, -0.25) is 0 Å². The minimum atomic E-state index is -1.37. The molecule has 0 fully saturated rings. The van der Waals surface area contributed by atoms with E-state index in [0.717, 1.165) is 5.52 Å². The van der Waals surface area contributed by atoms with E-state index in [0.29, 0.717) is 10.7 Å². The fourth-order valence-electron chi connectivity index (χ4n) is 1.47. The van der Waals surface area contributed by atoms with Crippen LogP contribution in [0.2, 0.25) is 0 Å². The van der Waals surface area contributed by atoms with E-state index in [4.69, 9.17) is 27.9 Å². The van der Waals surface area contributed by atoms with E-state index in [-0.39, 0.29) is 5.82 Å². The molecule has 1 unspecified atom stereocenters. The van der Waals surface area contributed by atoms with Gasteiger partial charge in [0, 0.05) is 0 Å². The highest BCUT2D eigenvalue weighted by atomic mass is 35.5. The molecule has 2 aromatic rings. The summed E-state index contributed by atoms with van der Waals surface area (Å²) >= 11 is 12.3. The van der Waals surface area contributed by atoms with Crippen LogP contribution in [0.1, 0.15) is 5.82 Å². The fraction of sp³-hybridized carbons (Fsp3) is 0.100. The molecule has 3 heterocycles. The lowest BCUT2D eigenvalue weighted by molar-refractivity contribution is 0.131. The number of fused-ring (bicyclic) bond motifs is 1. The largest absolute Gasteiger partial charge is 0.467 e. The summed E-state index contributed by atoms with van der Waals surface area (Å²) in [5, 5.41) is -1.07. The van der Waals surface area contributed by atoms with Crippen molar-refractivity contribution in [3.05, 3.63) is 41.8 Å². The molecule has 17 heavy (non-hydrogen) atoms. The molecular weight excluding hydrogens is 263 g/mol. The molecule has 3 rings (SSSR count). The molecule has 1 N–H and O–H groups in total. The van der Waals surface area contributed by atoms with Crippen molar-refractivity contribution in [2.75, 3.05) is 0 Å². The average Bonchev–Trinajstić information content (AvgIpc) is 2.80. The Labute approximate surface area is 106 Å². The zero-order chi connectivity index (χ0) is 11.9. The first-order valence-electron chi connectivity index (χ1n) is 4.76. The molecule has 0 saturated heterocycles. The zero-order valence-electron chi connectivity index (χ0n) is 8.39. The zero-order valence-corrected chi connectivity index (χ0v) is 9.90. The van der Waals surface area contributed by atoms with Gasteiger partial charge in [-0.25, -0.2) is 15.0 Å². The van der Waals surface area contributed by atoms with Gasteiger partial charge in [0.25, 0.3) is 5.06 Å². The van der Waals surface area contributed by atoms with E-state index >= 15 is 0 Å². The van der Waals surface area contributed by atoms with Crippen molar-refractivity contribution in [1.29, 1.82) is 0 Å². The van der Waals surface area contributed by atoms with Crippen LogP contribution in [0.3, 0.4) is 0 Å². The van der Waals surface area contributed by atoms with Gasteiger partial charge in [-0.2, -0.15) is 0 Å². The molecular formula is C10H6Cl2N4O. The topological polar surface area (TPSA) is 63.7 Å². The number of alkyl halides is 1. The number of hydrogen-bond donors (Lipinski definition) is 1. The molecule has 0 saturated carbocycles. The van der Waals surface area contributed by atoms with Crippen LogP contribution in [0.5, 0.6) is 0 Å². The van der Waals surface area contributed by atoms with Crippen molar-refractivity contribution >= 4 is 34.4 Å². The van der Waals surface area contributed by atoms with Crippen molar-refractivity contribution in [3.63, 3.8) is 0 Å². The Morgan fingerprint density at radius 3 is 3.06 bits per heavy atom. The molecule has 0 amide bonds. The predicted molar refractivity (Wildman–Crippen MR) is 63.4 cm³/mol. The van der Waals surface area contributed by atoms with E-state index in [1.54, 1.807) is 18.3 Å². The Morgan fingerprint density at radius 2 is 2.24 bits per heavy atom. The number of halogens is 2. The molecule has 5 nitrogen and oxygen atoms in total. The molecule has 0 bridgehead atoms. The normalized spacial score (nSPS) is 23.5. The maximum absolute atomic E-state index is 6.28. The van der Waals surface area contributed by atoms with E-state index in [1.807, 2.05) is 0 Å². The molecule has 86 valence electrons. The first-order chi connectivity index (χ1) is 8.20. The SMILES string of the molecule is ClC1=CC=COC1(Cl)c1ncc2[nH]cnc2n1. The highest BCUT2D eigenvalue weighted by molar-refractivity contribution is 6.38. The van der Waals surface area contributed by atoms with Crippen molar-refractivity contribution in [3.8, 4) is 0 Å². The van der Waals surface area contributed by atoms with Gasteiger partial charge in [-0.15, -0.1) is 0 Å². The quantitative estimate of drug-likeness (QED) is 0.807. The van der Waals surface area contributed by atoms with Crippen LogP contribution in [0.25, 0.3) is 11.2 Å². The van der Waals surface area contributed by atoms with Crippen LogP contribution in [-0.4, -0.2) is 19.9 Å². The minimum Gasteiger partial charge on any atom is -0.467 e. The van der Waals surface area contributed by atoms with E-state index in [9.17, 15) is 0 Å². The van der Waals surface area contributed by atoms with Gasteiger partial charge >= 0.3 is 0 Å². The van der Waals surface area contributed by atoms with E-state index in [1.165, 1.54) is 12.6 Å². The third kappa shape index (κ3) is 1.59. The summed E-state index contributed by atoms with van der Waals surface area (Å²) in [7, 11) is 0. The van der Waals surface area contributed by atoms with Crippen LogP contribution in [0.15, 0.2) is 36.0 Å². The Hall–Kier alpha value is -1.59. The van der Waals surface area contributed by atoms with Crippen molar-refractivity contribution in [2.24, 2.45) is 0 Å². The third-order valence-electron chi connectivity index (χ3n) is 2.32. The Morgan fingerprint density at radius 1 is 1.35 bits per heavy atom. The fourth-order valence-corrected chi connectivity index (χ4v) is 1.88. The molecule has 1 aliphatic rings. The van der Waals surface area contributed by atoms with E-state index < -0.39 is 5.06 Å². The first kappa shape index (κ1) is 10.6. The summed E-state index contributed by atoms with van der Waals surface area (Å²) in [4.78, 5) is 15.3. The summed E-state index contributed by atoms with van der Waals surface area (Å²) in [5.74, 6) is 0.254. The van der Waals surface area contributed by atoms with Gasteiger partial charge in [0.15, 0.2) is 11.5 Å². The lowest BCUT2D eigenvalue weighted by Gasteiger charge is -2.25. The molecule has 2 aromatic heterocycles. The number of rotatable bonds is 1. The summed E-state index contributed by atoms with van der Waals surface area (Å²) in [6.07, 6.45) is 7.84.